The second kappa shape index (κ2) is 4.32. The maximum absolute atomic E-state index is 11.7. The second-order valence-corrected chi connectivity index (χ2v) is 4.87. The molecular weight excluding hydrogens is 250 g/mol. The monoisotopic (exact) mass is 265 g/mol. The lowest BCUT2D eigenvalue weighted by Gasteiger charge is -2.43. The van der Waals surface area contributed by atoms with E-state index in [0.717, 1.165) is 6.42 Å². The molecule has 1 fully saturated rings. The molecule has 0 radical (unpaired) electrons. The highest BCUT2D eigenvalue weighted by Crippen LogP contribution is 2.44. The van der Waals surface area contributed by atoms with E-state index >= 15 is 0 Å². The van der Waals surface area contributed by atoms with Crippen LogP contribution in [0.1, 0.15) is 12.5 Å². The van der Waals surface area contributed by atoms with Crippen molar-refractivity contribution in [2.45, 2.75) is 12.5 Å². The van der Waals surface area contributed by atoms with Crippen molar-refractivity contribution in [1.82, 2.24) is 19.5 Å². The van der Waals surface area contributed by atoms with Crippen LogP contribution < -0.4 is 11.3 Å². The van der Waals surface area contributed by atoms with Gasteiger partial charge in [0.05, 0.1) is 6.33 Å². The molecule has 0 spiro atoms. The maximum atomic E-state index is 11.7. The molecule has 8 nitrogen and oxygen atoms in total. The first-order valence-electron chi connectivity index (χ1n) is 6.09. The molecule has 0 bridgehead atoms. The Morgan fingerprint density at radius 2 is 2.26 bits per heavy atom. The average Bonchev–Trinajstić information content (AvgIpc) is 2.73. The van der Waals surface area contributed by atoms with E-state index in [-0.39, 0.29) is 48.1 Å². The van der Waals surface area contributed by atoms with Gasteiger partial charge in [-0.15, -0.1) is 0 Å². The lowest BCUT2D eigenvalue weighted by Crippen LogP contribution is -2.42. The summed E-state index contributed by atoms with van der Waals surface area (Å²) in [5, 5.41) is 18.6. The summed E-state index contributed by atoms with van der Waals surface area (Å²) in [6.07, 6.45) is 2.26. The van der Waals surface area contributed by atoms with Crippen LogP contribution >= 0.6 is 0 Å². The van der Waals surface area contributed by atoms with Gasteiger partial charge < -0.3 is 20.5 Å². The molecule has 3 rings (SSSR count). The minimum Gasteiger partial charge on any atom is -0.396 e. The van der Waals surface area contributed by atoms with E-state index in [1.54, 1.807) is 4.57 Å². The highest BCUT2D eigenvalue weighted by atomic mass is 16.3. The number of hydrogen-bond donors (Lipinski definition) is 4. The summed E-state index contributed by atoms with van der Waals surface area (Å²) in [7, 11) is 0. The van der Waals surface area contributed by atoms with Gasteiger partial charge in [0, 0.05) is 25.2 Å². The van der Waals surface area contributed by atoms with Gasteiger partial charge in [-0.2, -0.15) is 4.98 Å². The quantitative estimate of drug-likeness (QED) is 0.555. The number of hydrogen-bond acceptors (Lipinski definition) is 6. The molecule has 19 heavy (non-hydrogen) atoms. The Hall–Kier alpha value is -1.93. The van der Waals surface area contributed by atoms with E-state index in [1.807, 2.05) is 0 Å². The van der Waals surface area contributed by atoms with Gasteiger partial charge in [-0.1, -0.05) is 0 Å². The number of aromatic nitrogens is 4. The summed E-state index contributed by atoms with van der Waals surface area (Å²) >= 11 is 0. The summed E-state index contributed by atoms with van der Waals surface area (Å²) < 4.78 is 1.76. The Morgan fingerprint density at radius 3 is 2.95 bits per heavy atom. The molecule has 8 heteroatoms. The molecule has 102 valence electrons. The fourth-order valence-electron chi connectivity index (χ4n) is 2.76. The van der Waals surface area contributed by atoms with E-state index < -0.39 is 0 Å². The zero-order chi connectivity index (χ0) is 13.6. The van der Waals surface area contributed by atoms with Crippen LogP contribution in [0.15, 0.2) is 11.1 Å². The SMILES string of the molecule is Nc1nc2c(ncn2[C@@H]2C[C@@H](CO)C2CO)c(=O)[nH]1. The molecule has 2 aromatic rings. The second-order valence-electron chi connectivity index (χ2n) is 4.87. The van der Waals surface area contributed by atoms with Gasteiger partial charge in [-0.25, -0.2) is 4.98 Å². The number of aliphatic hydroxyl groups excluding tert-OH is 2. The average molecular weight is 265 g/mol. The van der Waals surface area contributed by atoms with Crippen molar-refractivity contribution < 1.29 is 10.2 Å². The molecule has 3 atom stereocenters. The predicted octanol–water partition coefficient (Wildman–Crippen LogP) is -1.14. The summed E-state index contributed by atoms with van der Waals surface area (Å²) in [5.74, 6) is 0.0642. The summed E-state index contributed by atoms with van der Waals surface area (Å²) in [6.45, 7) is 0.0265. The highest BCUT2D eigenvalue weighted by Gasteiger charge is 2.41. The number of rotatable bonds is 3. The Morgan fingerprint density at radius 1 is 1.47 bits per heavy atom. The van der Waals surface area contributed by atoms with E-state index in [1.165, 1.54) is 6.33 Å². The third-order valence-corrected chi connectivity index (χ3v) is 3.90. The first-order chi connectivity index (χ1) is 9.15. The smallest absolute Gasteiger partial charge is 0.280 e. The fraction of sp³-hybridized carbons (Fsp3) is 0.545. The molecule has 1 saturated carbocycles. The zero-order valence-corrected chi connectivity index (χ0v) is 10.2. The lowest BCUT2D eigenvalue weighted by molar-refractivity contribution is -0.00528. The first kappa shape index (κ1) is 12.1. The maximum Gasteiger partial charge on any atom is 0.280 e. The Balaban J connectivity index is 2.05. The van der Waals surface area contributed by atoms with Crippen LogP contribution in [-0.4, -0.2) is 42.9 Å². The molecule has 1 unspecified atom stereocenters. The number of nitrogens with one attached hydrogen (secondary N) is 1. The molecule has 2 aromatic heterocycles. The van der Waals surface area contributed by atoms with Crippen molar-refractivity contribution in [2.75, 3.05) is 18.9 Å². The van der Waals surface area contributed by atoms with Crippen molar-refractivity contribution in [2.24, 2.45) is 11.8 Å². The molecule has 5 N–H and O–H groups in total. The van der Waals surface area contributed by atoms with Crippen molar-refractivity contribution in [3.05, 3.63) is 16.7 Å². The number of aliphatic hydroxyl groups is 2. The Labute approximate surface area is 107 Å². The molecular formula is C11H15N5O3. The van der Waals surface area contributed by atoms with E-state index in [2.05, 4.69) is 15.0 Å². The van der Waals surface area contributed by atoms with Gasteiger partial charge >= 0.3 is 0 Å². The number of nitrogen functional groups attached to an aromatic ring is 1. The van der Waals surface area contributed by atoms with Crippen LogP contribution in [0.4, 0.5) is 5.95 Å². The van der Waals surface area contributed by atoms with Crippen molar-refractivity contribution in [3.8, 4) is 0 Å². The van der Waals surface area contributed by atoms with Crippen LogP contribution in [0.3, 0.4) is 0 Å². The number of nitrogens with two attached hydrogens (primary N) is 1. The summed E-state index contributed by atoms with van der Waals surface area (Å²) in [5.41, 5.74) is 5.81. The Kier molecular flexibility index (Phi) is 2.76. The minimum atomic E-state index is -0.375. The number of fused-ring (bicyclic) bond motifs is 1. The van der Waals surface area contributed by atoms with Crippen molar-refractivity contribution >= 4 is 17.1 Å². The number of aromatic amines is 1. The first-order valence-corrected chi connectivity index (χ1v) is 6.09. The predicted molar refractivity (Wildman–Crippen MR) is 67.4 cm³/mol. The standard InChI is InChI=1S/C11H15N5O3/c12-11-14-9-8(10(19)15-11)13-4-16(9)7-1-5(2-17)6(7)3-18/h4-7,17-18H,1-3H2,(H3,12,14,15,19)/t5-,6?,7+/m0/s1. The fourth-order valence-corrected chi connectivity index (χ4v) is 2.76. The van der Waals surface area contributed by atoms with E-state index in [0.29, 0.717) is 5.65 Å². The number of H-pyrrole nitrogens is 1. The topological polar surface area (TPSA) is 130 Å². The van der Waals surface area contributed by atoms with Gasteiger partial charge in [0.25, 0.3) is 5.56 Å². The molecule has 0 aromatic carbocycles. The van der Waals surface area contributed by atoms with Gasteiger partial charge in [0.1, 0.15) is 0 Å². The molecule has 0 saturated heterocycles. The number of nitrogens with zero attached hydrogens (tertiary/aromatic N) is 3. The zero-order valence-electron chi connectivity index (χ0n) is 10.2. The highest BCUT2D eigenvalue weighted by molar-refractivity contribution is 5.70. The van der Waals surface area contributed by atoms with Crippen molar-refractivity contribution in [1.29, 1.82) is 0 Å². The van der Waals surface area contributed by atoms with Gasteiger partial charge in [-0.3, -0.25) is 9.78 Å². The summed E-state index contributed by atoms with van der Waals surface area (Å²) in [6, 6.07) is -0.0131. The molecule has 2 heterocycles. The minimum absolute atomic E-state index is 0.0131. The van der Waals surface area contributed by atoms with Gasteiger partial charge in [0.15, 0.2) is 11.2 Å². The molecule has 1 aliphatic carbocycles. The van der Waals surface area contributed by atoms with Gasteiger partial charge in [0.2, 0.25) is 5.95 Å². The third-order valence-electron chi connectivity index (χ3n) is 3.90. The van der Waals surface area contributed by atoms with Crippen molar-refractivity contribution in [3.63, 3.8) is 0 Å². The Bertz CT molecular complexity index is 664. The van der Waals surface area contributed by atoms with Crippen LogP contribution in [0.25, 0.3) is 11.2 Å². The van der Waals surface area contributed by atoms with E-state index in [4.69, 9.17) is 5.73 Å². The van der Waals surface area contributed by atoms with Crippen LogP contribution in [-0.2, 0) is 0 Å². The normalized spacial score (nSPS) is 26.5. The number of anilines is 1. The molecule has 1 aliphatic rings. The lowest BCUT2D eigenvalue weighted by atomic mass is 9.70. The number of imidazole rings is 1. The van der Waals surface area contributed by atoms with E-state index in [9.17, 15) is 15.0 Å². The van der Waals surface area contributed by atoms with Crippen LogP contribution in [0, 0.1) is 11.8 Å². The third kappa shape index (κ3) is 1.71. The van der Waals surface area contributed by atoms with Crippen LogP contribution in [0.5, 0.6) is 0 Å². The molecule has 0 amide bonds. The summed E-state index contributed by atoms with van der Waals surface area (Å²) in [4.78, 5) is 22.2. The molecule has 0 aliphatic heterocycles. The largest absolute Gasteiger partial charge is 0.396 e. The van der Waals surface area contributed by atoms with Crippen LogP contribution in [0.2, 0.25) is 0 Å². The van der Waals surface area contributed by atoms with Gasteiger partial charge in [-0.05, 0) is 12.3 Å².